The second-order valence-corrected chi connectivity index (χ2v) is 8.77. The van der Waals surface area contributed by atoms with Crippen molar-refractivity contribution in [2.75, 3.05) is 14.2 Å². The first-order chi connectivity index (χ1) is 17.1. The number of esters is 1. The lowest BCUT2D eigenvalue weighted by Gasteiger charge is -2.37. The Balaban J connectivity index is 1.87. The maximum absolute atomic E-state index is 12.0. The van der Waals surface area contributed by atoms with Gasteiger partial charge in [0.05, 0.1) is 6.04 Å². The molecule has 0 bridgehead atoms. The van der Waals surface area contributed by atoms with Gasteiger partial charge in [-0.25, -0.2) is 0 Å². The number of benzene rings is 3. The minimum atomic E-state index is -0.475. The average molecular weight is 476 g/mol. The van der Waals surface area contributed by atoms with Gasteiger partial charge in [0.25, 0.3) is 0 Å². The van der Waals surface area contributed by atoms with Crippen LogP contribution in [-0.4, -0.2) is 43.5 Å². The van der Waals surface area contributed by atoms with Crippen molar-refractivity contribution in [1.29, 1.82) is 0 Å². The highest BCUT2D eigenvalue weighted by Crippen LogP contribution is 2.24. The molecule has 0 aliphatic heterocycles. The lowest BCUT2D eigenvalue weighted by molar-refractivity contribution is -0.166. The average Bonchev–Trinajstić information content (AvgIpc) is 2.88. The molecule has 0 aromatic heterocycles. The van der Waals surface area contributed by atoms with Crippen LogP contribution in [0.2, 0.25) is 0 Å². The zero-order valence-corrected chi connectivity index (χ0v) is 21.0. The largest absolute Gasteiger partial charge is 0.462 e. The molecule has 0 N–H and O–H groups in total. The zero-order chi connectivity index (χ0) is 24.9. The summed E-state index contributed by atoms with van der Waals surface area (Å²) in [5.74, 6) is -0.272. The van der Waals surface area contributed by atoms with E-state index in [1.54, 1.807) is 14.2 Å². The molecular weight excluding hydrogens is 438 g/mol. The zero-order valence-electron chi connectivity index (χ0n) is 21.0. The van der Waals surface area contributed by atoms with E-state index in [0.717, 1.165) is 25.9 Å². The van der Waals surface area contributed by atoms with Gasteiger partial charge in [0.1, 0.15) is 6.10 Å². The van der Waals surface area contributed by atoms with Crippen molar-refractivity contribution in [3.8, 4) is 0 Å². The molecule has 5 heteroatoms. The summed E-state index contributed by atoms with van der Waals surface area (Å²) in [7, 11) is 3.32. The van der Waals surface area contributed by atoms with Crippen LogP contribution >= 0.6 is 0 Å². The number of hydrogen-bond acceptors (Lipinski definition) is 5. The van der Waals surface area contributed by atoms with Gasteiger partial charge in [-0.05, 0) is 29.5 Å². The molecular formula is C30H37NO4. The van der Waals surface area contributed by atoms with Crippen LogP contribution in [0.25, 0.3) is 0 Å². The van der Waals surface area contributed by atoms with Crippen LogP contribution in [0.5, 0.6) is 0 Å². The fourth-order valence-electron chi connectivity index (χ4n) is 4.47. The summed E-state index contributed by atoms with van der Waals surface area (Å²) in [4.78, 5) is 14.4. The summed E-state index contributed by atoms with van der Waals surface area (Å²) in [5, 5.41) is 0. The first kappa shape index (κ1) is 26.6. The first-order valence-corrected chi connectivity index (χ1v) is 12.2. The summed E-state index contributed by atoms with van der Waals surface area (Å²) >= 11 is 0. The molecule has 3 rings (SSSR count). The van der Waals surface area contributed by atoms with Crippen molar-refractivity contribution in [3.05, 3.63) is 108 Å². The highest BCUT2D eigenvalue weighted by Gasteiger charge is 2.32. The number of methoxy groups -OCH3 is 2. The molecule has 0 spiro atoms. The Kier molecular flexibility index (Phi) is 11.0. The SMILES string of the molecule is COC(OC)C(CC(CCc1ccccc1)OC(C)=O)N(Cc1ccccc1)Cc1ccccc1. The molecule has 5 nitrogen and oxygen atoms in total. The van der Waals surface area contributed by atoms with Crippen molar-refractivity contribution >= 4 is 5.97 Å². The maximum atomic E-state index is 12.0. The monoisotopic (exact) mass is 475 g/mol. The van der Waals surface area contributed by atoms with E-state index in [-0.39, 0.29) is 18.1 Å². The molecule has 0 saturated carbocycles. The second kappa shape index (κ2) is 14.4. The Morgan fingerprint density at radius 3 is 1.63 bits per heavy atom. The van der Waals surface area contributed by atoms with Gasteiger partial charge in [-0.3, -0.25) is 9.69 Å². The Morgan fingerprint density at radius 2 is 1.20 bits per heavy atom. The van der Waals surface area contributed by atoms with E-state index in [2.05, 4.69) is 65.6 Å². The van der Waals surface area contributed by atoms with Crippen molar-refractivity contribution in [1.82, 2.24) is 4.90 Å². The predicted octanol–water partition coefficient (Wildman–Crippen LogP) is 5.63. The van der Waals surface area contributed by atoms with Gasteiger partial charge in [0, 0.05) is 40.7 Å². The molecule has 35 heavy (non-hydrogen) atoms. The Bertz CT molecular complexity index is 936. The Hall–Kier alpha value is -2.99. The molecule has 0 aliphatic carbocycles. The summed E-state index contributed by atoms with van der Waals surface area (Å²) in [5.41, 5.74) is 3.63. The number of nitrogens with zero attached hydrogens (tertiary/aromatic N) is 1. The van der Waals surface area contributed by atoms with E-state index in [9.17, 15) is 4.79 Å². The van der Waals surface area contributed by atoms with Crippen molar-refractivity contribution < 1.29 is 19.0 Å². The van der Waals surface area contributed by atoms with E-state index in [1.165, 1.54) is 23.6 Å². The van der Waals surface area contributed by atoms with E-state index >= 15 is 0 Å². The molecule has 0 fully saturated rings. The van der Waals surface area contributed by atoms with Gasteiger partial charge >= 0.3 is 5.97 Å². The third-order valence-electron chi connectivity index (χ3n) is 6.14. The van der Waals surface area contributed by atoms with Crippen LogP contribution < -0.4 is 0 Å². The van der Waals surface area contributed by atoms with Crippen LogP contribution in [0.3, 0.4) is 0 Å². The van der Waals surface area contributed by atoms with E-state index in [4.69, 9.17) is 14.2 Å². The molecule has 0 radical (unpaired) electrons. The summed E-state index contributed by atoms with van der Waals surface area (Å²) in [6.07, 6.45) is 1.41. The van der Waals surface area contributed by atoms with Gasteiger partial charge in [-0.1, -0.05) is 91.0 Å². The first-order valence-electron chi connectivity index (χ1n) is 12.2. The normalized spacial score (nSPS) is 13.1. The fourth-order valence-corrected chi connectivity index (χ4v) is 4.47. The van der Waals surface area contributed by atoms with Crippen LogP contribution in [-0.2, 0) is 38.5 Å². The van der Waals surface area contributed by atoms with Crippen molar-refractivity contribution in [2.45, 2.75) is 57.7 Å². The van der Waals surface area contributed by atoms with Gasteiger partial charge in [-0.2, -0.15) is 0 Å². The molecule has 186 valence electrons. The lowest BCUT2D eigenvalue weighted by Crippen LogP contribution is -2.47. The quantitative estimate of drug-likeness (QED) is 0.223. The molecule has 0 saturated heterocycles. The topological polar surface area (TPSA) is 48.0 Å². The van der Waals surface area contributed by atoms with Gasteiger partial charge in [0.2, 0.25) is 0 Å². The Labute approximate surface area is 209 Å². The van der Waals surface area contributed by atoms with Gasteiger partial charge in [-0.15, -0.1) is 0 Å². The molecule has 2 atom stereocenters. The van der Waals surface area contributed by atoms with Crippen LogP contribution in [0.15, 0.2) is 91.0 Å². The molecule has 0 aliphatic rings. The molecule has 0 amide bonds. The highest BCUT2D eigenvalue weighted by atomic mass is 16.7. The summed E-state index contributed by atoms with van der Waals surface area (Å²) in [6, 6.07) is 30.9. The standard InChI is InChI=1S/C30H37NO4/c1-24(32)35-28(20-19-25-13-7-4-8-14-25)21-29(30(33-2)34-3)31(22-26-15-9-5-10-16-26)23-27-17-11-6-12-18-27/h4-18,28-30H,19-23H2,1-3H3. The van der Waals surface area contributed by atoms with E-state index in [0.29, 0.717) is 6.42 Å². The van der Waals surface area contributed by atoms with Gasteiger partial charge in [0.15, 0.2) is 6.29 Å². The van der Waals surface area contributed by atoms with E-state index in [1.807, 2.05) is 30.3 Å². The number of hydrogen-bond donors (Lipinski definition) is 0. The number of carbonyl (C=O) groups excluding carboxylic acids is 1. The smallest absolute Gasteiger partial charge is 0.302 e. The number of ether oxygens (including phenoxy) is 3. The molecule has 3 aromatic rings. The molecule has 3 aromatic carbocycles. The predicted molar refractivity (Wildman–Crippen MR) is 139 cm³/mol. The van der Waals surface area contributed by atoms with Crippen molar-refractivity contribution in [2.24, 2.45) is 0 Å². The molecule has 0 heterocycles. The minimum absolute atomic E-state index is 0.134. The Morgan fingerprint density at radius 1 is 0.743 bits per heavy atom. The van der Waals surface area contributed by atoms with Gasteiger partial charge < -0.3 is 14.2 Å². The third kappa shape index (κ3) is 8.95. The summed E-state index contributed by atoms with van der Waals surface area (Å²) in [6.45, 7) is 2.91. The number of aryl methyl sites for hydroxylation is 1. The molecule has 2 unspecified atom stereocenters. The third-order valence-corrected chi connectivity index (χ3v) is 6.14. The van der Waals surface area contributed by atoms with Crippen LogP contribution in [0.1, 0.15) is 36.5 Å². The van der Waals surface area contributed by atoms with Crippen LogP contribution in [0, 0.1) is 0 Å². The number of rotatable bonds is 14. The van der Waals surface area contributed by atoms with Crippen molar-refractivity contribution in [3.63, 3.8) is 0 Å². The minimum Gasteiger partial charge on any atom is -0.462 e. The lowest BCUT2D eigenvalue weighted by atomic mass is 9.99. The summed E-state index contributed by atoms with van der Waals surface area (Å²) < 4.78 is 17.4. The highest BCUT2D eigenvalue weighted by molar-refractivity contribution is 5.66. The maximum Gasteiger partial charge on any atom is 0.302 e. The number of carbonyl (C=O) groups is 1. The van der Waals surface area contributed by atoms with E-state index < -0.39 is 6.29 Å². The van der Waals surface area contributed by atoms with Crippen LogP contribution in [0.4, 0.5) is 0 Å². The second-order valence-electron chi connectivity index (χ2n) is 8.77. The fraction of sp³-hybridized carbons (Fsp3) is 0.367.